The molecule has 0 spiro atoms. The fourth-order valence-corrected chi connectivity index (χ4v) is 2.70. The molecule has 2 rings (SSSR count). The molecule has 0 aliphatic carbocycles. The number of hydrogen-bond acceptors (Lipinski definition) is 5. The van der Waals surface area contributed by atoms with Crippen LogP contribution in [0.3, 0.4) is 0 Å². The third-order valence-corrected chi connectivity index (χ3v) is 4.00. The lowest BCUT2D eigenvalue weighted by atomic mass is 9.88. The van der Waals surface area contributed by atoms with Crippen LogP contribution in [0.5, 0.6) is 0 Å². The third kappa shape index (κ3) is 4.57. The lowest BCUT2D eigenvalue weighted by molar-refractivity contribution is 0.0198. The second-order valence-corrected chi connectivity index (χ2v) is 7.14. The van der Waals surface area contributed by atoms with Crippen LogP contribution in [0.15, 0.2) is 24.3 Å². The number of nitrogens with one attached hydrogen (secondary N) is 2. The minimum atomic E-state index is -0.514. The minimum Gasteiger partial charge on any atom is -0.444 e. The highest BCUT2D eigenvalue weighted by molar-refractivity contribution is 5.79. The molecule has 1 saturated heterocycles. The molecule has 0 atom stereocenters. The fraction of sp³-hybridized carbons (Fsp3) is 0.500. The van der Waals surface area contributed by atoms with Gasteiger partial charge in [0.1, 0.15) is 11.9 Å². The lowest BCUT2D eigenvalue weighted by Crippen LogP contribution is -2.52. The third-order valence-electron chi connectivity index (χ3n) is 4.00. The number of nitrogens with zero attached hydrogens (tertiary/aromatic N) is 1. The molecule has 0 radical (unpaired) electrons. The Morgan fingerprint density at radius 3 is 2.54 bits per heavy atom. The van der Waals surface area contributed by atoms with E-state index in [1.54, 1.807) is 23.1 Å². The van der Waals surface area contributed by atoms with E-state index in [1.165, 1.54) is 6.21 Å². The van der Waals surface area contributed by atoms with Crippen LogP contribution in [0.2, 0.25) is 0 Å². The molecule has 130 valence electrons. The highest BCUT2D eigenvalue weighted by atomic mass is 16.6. The van der Waals surface area contributed by atoms with E-state index in [2.05, 4.69) is 5.32 Å². The summed E-state index contributed by atoms with van der Waals surface area (Å²) in [6.45, 7) is 6.57. The van der Waals surface area contributed by atoms with Gasteiger partial charge in [-0.05, 0) is 45.7 Å². The summed E-state index contributed by atoms with van der Waals surface area (Å²) in [6, 6.07) is 7.18. The predicted octanol–water partition coefficient (Wildman–Crippen LogP) is 3.33. The maximum atomic E-state index is 12.1. The summed E-state index contributed by atoms with van der Waals surface area (Å²) in [5, 5.41) is 11.2. The smallest absolute Gasteiger partial charge is 0.410 e. The van der Waals surface area contributed by atoms with Crippen molar-refractivity contribution in [1.29, 1.82) is 5.41 Å². The summed E-state index contributed by atoms with van der Waals surface area (Å²) in [5.74, 6) is 0. The molecule has 0 unspecified atom stereocenters. The van der Waals surface area contributed by atoms with E-state index in [1.807, 2.05) is 26.8 Å². The predicted molar refractivity (Wildman–Crippen MR) is 94.0 cm³/mol. The standard InChI is InChI=1S/C18H25N3O3/c1-17(2,3)24-16(23)21-9-7-18(13-19,8-10-21)20-15-6-4-5-14(11-15)12-22/h4-6,11-13,19-20H,7-10H2,1-3H3. The molecule has 0 aromatic heterocycles. The van der Waals surface area contributed by atoms with Crippen LogP contribution in [-0.2, 0) is 4.74 Å². The van der Waals surface area contributed by atoms with Crippen molar-refractivity contribution >= 4 is 24.3 Å². The first-order chi connectivity index (χ1) is 11.3. The van der Waals surface area contributed by atoms with Crippen LogP contribution in [0.25, 0.3) is 0 Å². The number of carbonyl (C=O) groups is 2. The largest absolute Gasteiger partial charge is 0.444 e. The number of piperidine rings is 1. The van der Waals surface area contributed by atoms with Crippen LogP contribution in [0, 0.1) is 5.41 Å². The molecule has 1 amide bonds. The molecule has 1 aromatic carbocycles. The van der Waals surface area contributed by atoms with Gasteiger partial charge >= 0.3 is 6.09 Å². The molecule has 1 fully saturated rings. The Bertz CT molecular complexity index is 614. The number of rotatable bonds is 4. The number of anilines is 1. The Morgan fingerprint density at radius 1 is 1.33 bits per heavy atom. The van der Waals surface area contributed by atoms with Crippen molar-refractivity contribution in [3.8, 4) is 0 Å². The number of ether oxygens (including phenoxy) is 1. The van der Waals surface area contributed by atoms with Crippen molar-refractivity contribution < 1.29 is 14.3 Å². The molecule has 24 heavy (non-hydrogen) atoms. The number of carbonyl (C=O) groups excluding carboxylic acids is 2. The highest BCUT2D eigenvalue weighted by Gasteiger charge is 2.35. The van der Waals surface area contributed by atoms with Crippen LogP contribution < -0.4 is 5.32 Å². The zero-order chi connectivity index (χ0) is 17.8. The van der Waals surface area contributed by atoms with E-state index >= 15 is 0 Å². The molecule has 1 heterocycles. The Kier molecular flexibility index (Phi) is 5.26. The molecule has 0 bridgehead atoms. The number of hydrogen-bond donors (Lipinski definition) is 2. The SMILES string of the molecule is CC(C)(C)OC(=O)N1CCC(C=N)(Nc2cccc(C=O)c2)CC1. The van der Waals surface area contributed by atoms with Gasteiger partial charge in [-0.3, -0.25) is 4.79 Å². The van der Waals surface area contributed by atoms with Crippen molar-refractivity contribution in [2.24, 2.45) is 0 Å². The van der Waals surface area contributed by atoms with Crippen LogP contribution in [0.1, 0.15) is 44.0 Å². The van der Waals surface area contributed by atoms with E-state index in [9.17, 15) is 9.59 Å². The Labute approximate surface area is 142 Å². The molecule has 0 saturated carbocycles. The minimum absolute atomic E-state index is 0.316. The summed E-state index contributed by atoms with van der Waals surface area (Å²) in [4.78, 5) is 24.7. The van der Waals surface area contributed by atoms with Crippen LogP contribution in [0.4, 0.5) is 10.5 Å². The first-order valence-electron chi connectivity index (χ1n) is 8.10. The van der Waals surface area contributed by atoms with Gasteiger partial charge in [-0.1, -0.05) is 12.1 Å². The highest BCUT2D eigenvalue weighted by Crippen LogP contribution is 2.27. The second-order valence-electron chi connectivity index (χ2n) is 7.14. The van der Waals surface area contributed by atoms with Crippen molar-refractivity contribution in [1.82, 2.24) is 4.90 Å². The first kappa shape index (κ1) is 18.0. The van der Waals surface area contributed by atoms with Crippen molar-refractivity contribution in [2.75, 3.05) is 18.4 Å². The lowest BCUT2D eigenvalue weighted by Gasteiger charge is -2.40. The topological polar surface area (TPSA) is 82.5 Å². The average molecular weight is 331 g/mol. The molecular formula is C18H25N3O3. The average Bonchev–Trinajstić information content (AvgIpc) is 2.54. The molecule has 6 heteroatoms. The van der Waals surface area contributed by atoms with Gasteiger partial charge in [-0.25, -0.2) is 4.79 Å². The fourth-order valence-electron chi connectivity index (χ4n) is 2.70. The quantitative estimate of drug-likeness (QED) is 0.655. The van der Waals surface area contributed by atoms with Gasteiger partial charge in [0.2, 0.25) is 0 Å². The van der Waals surface area contributed by atoms with Gasteiger partial charge in [-0.2, -0.15) is 0 Å². The van der Waals surface area contributed by atoms with E-state index < -0.39 is 11.1 Å². The summed E-state index contributed by atoms with van der Waals surface area (Å²) in [7, 11) is 0. The molecule has 6 nitrogen and oxygen atoms in total. The number of aldehydes is 1. The van der Waals surface area contributed by atoms with Gasteiger partial charge in [0.25, 0.3) is 0 Å². The van der Waals surface area contributed by atoms with Crippen molar-refractivity contribution in [3.63, 3.8) is 0 Å². The van der Waals surface area contributed by atoms with E-state index in [0.29, 0.717) is 31.5 Å². The molecule has 2 N–H and O–H groups in total. The van der Waals surface area contributed by atoms with Crippen molar-refractivity contribution in [2.45, 2.75) is 44.8 Å². The summed E-state index contributed by atoms with van der Waals surface area (Å²) >= 11 is 0. The first-order valence-corrected chi connectivity index (χ1v) is 8.10. The van der Waals surface area contributed by atoms with Gasteiger partial charge in [-0.15, -0.1) is 0 Å². The van der Waals surface area contributed by atoms with E-state index in [-0.39, 0.29) is 6.09 Å². The van der Waals surface area contributed by atoms with Gasteiger partial charge < -0.3 is 20.4 Å². The maximum absolute atomic E-state index is 12.1. The second kappa shape index (κ2) is 7.03. The maximum Gasteiger partial charge on any atom is 0.410 e. The van der Waals surface area contributed by atoms with Gasteiger partial charge in [0.15, 0.2) is 0 Å². The Morgan fingerprint density at radius 2 is 2.00 bits per heavy atom. The monoisotopic (exact) mass is 331 g/mol. The summed E-state index contributed by atoms with van der Waals surface area (Å²) in [5.41, 5.74) is 0.362. The summed E-state index contributed by atoms with van der Waals surface area (Å²) in [6.07, 6.45) is 3.10. The molecule has 1 aliphatic rings. The van der Waals surface area contributed by atoms with Crippen molar-refractivity contribution in [3.05, 3.63) is 29.8 Å². The van der Waals surface area contributed by atoms with Crippen LogP contribution >= 0.6 is 0 Å². The number of likely N-dealkylation sites (tertiary alicyclic amines) is 1. The normalized spacial score (nSPS) is 17.0. The number of amides is 1. The van der Waals surface area contributed by atoms with Gasteiger partial charge in [0.05, 0.1) is 5.54 Å². The van der Waals surface area contributed by atoms with E-state index in [4.69, 9.17) is 10.1 Å². The molecular weight excluding hydrogens is 306 g/mol. The molecule has 1 aliphatic heterocycles. The van der Waals surface area contributed by atoms with E-state index in [0.717, 1.165) is 12.0 Å². The summed E-state index contributed by atoms with van der Waals surface area (Å²) < 4.78 is 5.40. The van der Waals surface area contributed by atoms with Gasteiger partial charge in [0, 0.05) is 30.6 Å². The Balaban J connectivity index is 2.02. The zero-order valence-corrected chi connectivity index (χ0v) is 14.5. The van der Waals surface area contributed by atoms with Crippen LogP contribution in [-0.4, -0.2) is 47.7 Å². The Hall–Kier alpha value is -2.37. The molecule has 1 aromatic rings. The number of benzene rings is 1. The zero-order valence-electron chi connectivity index (χ0n) is 14.5.